The number of rotatable bonds is 4. The van der Waals surface area contributed by atoms with Gasteiger partial charge in [-0.15, -0.1) is 11.3 Å². The second-order valence-corrected chi connectivity index (χ2v) is 7.88. The molecule has 0 bridgehead atoms. The van der Waals surface area contributed by atoms with Gasteiger partial charge in [0.1, 0.15) is 0 Å². The van der Waals surface area contributed by atoms with Crippen molar-refractivity contribution < 1.29 is 14.7 Å². The molecule has 1 amide bonds. The number of anilines is 1. The largest absolute Gasteiger partial charge is 0.395 e. The Labute approximate surface area is 149 Å². The molecule has 1 atom stereocenters. The molecule has 1 aromatic heterocycles. The van der Waals surface area contributed by atoms with Crippen LogP contribution in [0, 0.1) is 0 Å². The van der Waals surface area contributed by atoms with Gasteiger partial charge in [-0.05, 0) is 36.8 Å². The first kappa shape index (κ1) is 16.3. The number of nitrogen functional groups attached to an aromatic ring is 1. The molecule has 1 fully saturated rings. The summed E-state index contributed by atoms with van der Waals surface area (Å²) in [4.78, 5) is 26.3. The van der Waals surface area contributed by atoms with E-state index in [0.29, 0.717) is 28.3 Å². The summed E-state index contributed by atoms with van der Waals surface area (Å²) in [5.74, 6) is -0.314. The Morgan fingerprint density at radius 2 is 2.04 bits per heavy atom. The van der Waals surface area contributed by atoms with Crippen LogP contribution in [0.25, 0.3) is 0 Å². The lowest BCUT2D eigenvalue weighted by Crippen LogP contribution is -2.43. The van der Waals surface area contributed by atoms with E-state index in [1.807, 2.05) is 30.3 Å². The maximum absolute atomic E-state index is 13.3. The van der Waals surface area contributed by atoms with Gasteiger partial charge in [0, 0.05) is 6.04 Å². The minimum atomic E-state index is -0.949. The van der Waals surface area contributed by atoms with E-state index >= 15 is 0 Å². The van der Waals surface area contributed by atoms with Crippen molar-refractivity contribution in [3.8, 4) is 0 Å². The lowest BCUT2D eigenvalue weighted by Gasteiger charge is -2.34. The molecule has 1 saturated carbocycles. The van der Waals surface area contributed by atoms with Crippen LogP contribution < -0.4 is 11.1 Å². The van der Waals surface area contributed by atoms with Crippen LogP contribution in [0.3, 0.4) is 0 Å². The molecule has 1 heterocycles. The quantitative estimate of drug-likeness (QED) is 0.784. The highest BCUT2D eigenvalue weighted by atomic mass is 32.1. The summed E-state index contributed by atoms with van der Waals surface area (Å²) in [6, 6.07) is 9.60. The number of ketones is 1. The Bertz CT molecular complexity index is 842. The molecule has 130 valence electrons. The molecule has 2 aromatic rings. The van der Waals surface area contributed by atoms with E-state index in [0.717, 1.165) is 24.0 Å². The molecule has 4 rings (SSSR count). The number of aliphatic hydroxyl groups is 1. The molecule has 1 aromatic carbocycles. The monoisotopic (exact) mass is 356 g/mol. The molecule has 4 N–H and O–H groups in total. The van der Waals surface area contributed by atoms with Gasteiger partial charge >= 0.3 is 0 Å². The zero-order chi connectivity index (χ0) is 17.6. The lowest BCUT2D eigenvalue weighted by atomic mass is 9.69. The van der Waals surface area contributed by atoms with Crippen molar-refractivity contribution in [2.24, 2.45) is 0 Å². The number of hydrogen-bond acceptors (Lipinski definition) is 5. The fraction of sp³-hybridized carbons (Fsp3) is 0.368. The van der Waals surface area contributed by atoms with Crippen LogP contribution in [0.15, 0.2) is 30.3 Å². The van der Waals surface area contributed by atoms with Crippen LogP contribution in [0.4, 0.5) is 5.00 Å². The van der Waals surface area contributed by atoms with Crippen molar-refractivity contribution in [3.05, 3.63) is 51.9 Å². The molecule has 0 radical (unpaired) electrons. The Hall–Kier alpha value is -2.18. The predicted octanol–water partition coefficient (Wildman–Crippen LogP) is 2.28. The number of amides is 1. The number of nitrogens with one attached hydrogen (secondary N) is 1. The number of aliphatic hydroxyl groups excluding tert-OH is 1. The molecule has 2 aliphatic rings. The molecular formula is C19H20N2O3S. The number of carbonyl (C=O) groups is 2. The Morgan fingerprint density at radius 1 is 1.32 bits per heavy atom. The smallest absolute Gasteiger partial charge is 0.254 e. The van der Waals surface area contributed by atoms with Gasteiger partial charge in [0.25, 0.3) is 5.91 Å². The fourth-order valence-corrected chi connectivity index (χ4v) is 4.74. The average Bonchev–Trinajstić information content (AvgIpc) is 3.36. The van der Waals surface area contributed by atoms with E-state index in [2.05, 4.69) is 5.32 Å². The van der Waals surface area contributed by atoms with Gasteiger partial charge in [-0.25, -0.2) is 0 Å². The standard InChI is InChI=1S/C19H20N2O3S/c20-17-14(18(24)21-12-6-7-12)13-8-9-19(10-22,16(23)15(13)25-17)11-4-2-1-3-5-11/h1-5,12,22H,6-10,20H2,(H,21,24). The van der Waals surface area contributed by atoms with Gasteiger partial charge in [-0.3, -0.25) is 9.59 Å². The fourth-order valence-electron chi connectivity index (χ4n) is 3.58. The first-order valence-corrected chi connectivity index (χ1v) is 9.31. The summed E-state index contributed by atoms with van der Waals surface area (Å²) in [6.07, 6.45) is 3.02. The maximum Gasteiger partial charge on any atom is 0.254 e. The first-order valence-electron chi connectivity index (χ1n) is 8.50. The Balaban J connectivity index is 1.75. The van der Waals surface area contributed by atoms with E-state index in [4.69, 9.17) is 5.73 Å². The van der Waals surface area contributed by atoms with Gasteiger partial charge < -0.3 is 16.2 Å². The summed E-state index contributed by atoms with van der Waals surface area (Å²) in [6.45, 7) is -0.253. The van der Waals surface area contributed by atoms with E-state index in [1.54, 1.807) is 0 Å². The zero-order valence-corrected chi connectivity index (χ0v) is 14.6. The minimum absolute atomic E-state index is 0.135. The third kappa shape index (κ3) is 2.56. The Morgan fingerprint density at radius 3 is 2.68 bits per heavy atom. The normalized spacial score (nSPS) is 22.5. The third-order valence-electron chi connectivity index (χ3n) is 5.21. The molecule has 6 heteroatoms. The van der Waals surface area contributed by atoms with Crippen LogP contribution in [0.5, 0.6) is 0 Å². The first-order chi connectivity index (χ1) is 12.1. The number of nitrogens with two attached hydrogens (primary N) is 1. The second kappa shape index (κ2) is 5.97. The molecule has 5 nitrogen and oxygen atoms in total. The van der Waals surface area contributed by atoms with Gasteiger partial charge in [0.05, 0.1) is 27.5 Å². The van der Waals surface area contributed by atoms with Crippen molar-refractivity contribution in [1.29, 1.82) is 0 Å². The molecule has 1 unspecified atom stereocenters. The number of carbonyl (C=O) groups excluding carboxylic acids is 2. The second-order valence-electron chi connectivity index (χ2n) is 6.83. The summed E-state index contributed by atoms with van der Waals surface area (Å²) in [7, 11) is 0. The van der Waals surface area contributed by atoms with Crippen LogP contribution >= 0.6 is 11.3 Å². The molecule has 0 aliphatic heterocycles. The minimum Gasteiger partial charge on any atom is -0.395 e. The number of benzene rings is 1. The highest BCUT2D eigenvalue weighted by Crippen LogP contribution is 2.44. The van der Waals surface area contributed by atoms with Crippen molar-refractivity contribution in [1.82, 2.24) is 5.32 Å². The summed E-state index contributed by atoms with van der Waals surface area (Å²) >= 11 is 1.17. The summed E-state index contributed by atoms with van der Waals surface area (Å²) in [5.41, 5.74) is 7.15. The number of Topliss-reactive ketones (excluding diaryl/α,β-unsaturated/α-hetero) is 1. The van der Waals surface area contributed by atoms with Gasteiger partial charge in [-0.1, -0.05) is 30.3 Å². The molecule has 0 saturated heterocycles. The number of fused-ring (bicyclic) bond motifs is 1. The van der Waals surface area contributed by atoms with Crippen LogP contribution in [0.2, 0.25) is 0 Å². The molecule has 25 heavy (non-hydrogen) atoms. The highest BCUT2D eigenvalue weighted by molar-refractivity contribution is 7.18. The zero-order valence-electron chi connectivity index (χ0n) is 13.7. The van der Waals surface area contributed by atoms with Crippen molar-refractivity contribution in [2.75, 3.05) is 12.3 Å². The number of thiophene rings is 1. The SMILES string of the molecule is Nc1sc2c(c1C(=O)NC1CC1)CCC(CO)(c1ccccc1)C2=O. The average molecular weight is 356 g/mol. The summed E-state index contributed by atoms with van der Waals surface area (Å²) < 4.78 is 0. The van der Waals surface area contributed by atoms with Crippen LogP contribution in [-0.2, 0) is 11.8 Å². The van der Waals surface area contributed by atoms with Crippen LogP contribution in [0.1, 0.15) is 50.4 Å². The van der Waals surface area contributed by atoms with E-state index in [1.165, 1.54) is 11.3 Å². The topological polar surface area (TPSA) is 92.4 Å². The highest BCUT2D eigenvalue weighted by Gasteiger charge is 2.46. The van der Waals surface area contributed by atoms with Gasteiger partial charge in [0.15, 0.2) is 5.78 Å². The maximum atomic E-state index is 13.3. The Kier molecular flexibility index (Phi) is 3.89. The van der Waals surface area contributed by atoms with E-state index in [-0.39, 0.29) is 24.3 Å². The van der Waals surface area contributed by atoms with Crippen molar-refractivity contribution in [2.45, 2.75) is 37.1 Å². The van der Waals surface area contributed by atoms with Gasteiger partial charge in [-0.2, -0.15) is 0 Å². The molecule has 0 spiro atoms. The molecule has 2 aliphatic carbocycles. The van der Waals surface area contributed by atoms with Crippen LogP contribution in [-0.4, -0.2) is 29.4 Å². The number of hydrogen-bond donors (Lipinski definition) is 3. The van der Waals surface area contributed by atoms with E-state index < -0.39 is 5.41 Å². The van der Waals surface area contributed by atoms with Gasteiger partial charge in [0.2, 0.25) is 0 Å². The van der Waals surface area contributed by atoms with Crippen molar-refractivity contribution in [3.63, 3.8) is 0 Å². The predicted molar refractivity (Wildman–Crippen MR) is 97.1 cm³/mol. The van der Waals surface area contributed by atoms with Crippen molar-refractivity contribution >= 4 is 28.0 Å². The molecular weight excluding hydrogens is 336 g/mol. The summed E-state index contributed by atoms with van der Waals surface area (Å²) in [5, 5.41) is 13.4. The third-order valence-corrected chi connectivity index (χ3v) is 6.27. The van der Waals surface area contributed by atoms with E-state index in [9.17, 15) is 14.7 Å². The lowest BCUT2D eigenvalue weighted by molar-refractivity contribution is 0.0773.